The van der Waals surface area contributed by atoms with Gasteiger partial charge in [0.2, 0.25) is 0 Å². The van der Waals surface area contributed by atoms with Crippen LogP contribution < -0.4 is 5.32 Å². The Hall–Kier alpha value is 0.310. The molecule has 2 rings (SSSR count). The first kappa shape index (κ1) is 7.93. The molecule has 1 saturated heterocycles. The first-order chi connectivity index (χ1) is 5.31. The summed E-state index contributed by atoms with van der Waals surface area (Å²) in [5.74, 6) is 0. The maximum absolute atomic E-state index is 3.69. The van der Waals surface area contributed by atoms with Gasteiger partial charge < -0.3 is 5.32 Å². The highest BCUT2D eigenvalue weighted by Crippen LogP contribution is 2.43. The summed E-state index contributed by atoms with van der Waals surface area (Å²) in [7, 11) is 0. The van der Waals surface area contributed by atoms with Gasteiger partial charge in [-0.3, -0.25) is 0 Å². The van der Waals surface area contributed by atoms with E-state index in [-0.39, 0.29) is 0 Å². The standard InChI is InChI=1S/C9H17NS/c1-8-4-7-10-9(11-8)5-2-3-6-9/h8,10H,2-7H2,1H3. The Morgan fingerprint density at radius 2 is 2.09 bits per heavy atom. The Kier molecular flexibility index (Phi) is 2.15. The van der Waals surface area contributed by atoms with E-state index < -0.39 is 0 Å². The summed E-state index contributed by atoms with van der Waals surface area (Å²) in [4.78, 5) is 0.512. The van der Waals surface area contributed by atoms with Crippen LogP contribution in [0.4, 0.5) is 0 Å². The SMILES string of the molecule is CC1CCNC2(CCCC2)S1. The second kappa shape index (κ2) is 2.98. The summed E-state index contributed by atoms with van der Waals surface area (Å²) in [6.45, 7) is 3.61. The summed E-state index contributed by atoms with van der Waals surface area (Å²) >= 11 is 2.19. The molecule has 0 bridgehead atoms. The largest absolute Gasteiger partial charge is 0.303 e. The molecule has 2 fully saturated rings. The van der Waals surface area contributed by atoms with Gasteiger partial charge >= 0.3 is 0 Å². The highest BCUT2D eigenvalue weighted by Gasteiger charge is 2.37. The van der Waals surface area contributed by atoms with Crippen LogP contribution in [0.1, 0.15) is 39.0 Å². The van der Waals surface area contributed by atoms with Crippen molar-refractivity contribution in [3.05, 3.63) is 0 Å². The molecular weight excluding hydrogens is 154 g/mol. The topological polar surface area (TPSA) is 12.0 Å². The summed E-state index contributed by atoms with van der Waals surface area (Å²) < 4.78 is 0. The second-order valence-corrected chi connectivity index (χ2v) is 5.67. The fraction of sp³-hybridized carbons (Fsp3) is 1.00. The van der Waals surface area contributed by atoms with Gasteiger partial charge in [-0.2, -0.15) is 0 Å². The minimum absolute atomic E-state index is 0.512. The molecule has 0 aromatic rings. The fourth-order valence-corrected chi connectivity index (χ4v) is 3.95. The van der Waals surface area contributed by atoms with Gasteiger partial charge in [-0.15, -0.1) is 11.8 Å². The monoisotopic (exact) mass is 171 g/mol. The Morgan fingerprint density at radius 1 is 1.36 bits per heavy atom. The maximum Gasteiger partial charge on any atom is 0.0647 e. The van der Waals surface area contributed by atoms with Crippen molar-refractivity contribution in [2.75, 3.05) is 6.54 Å². The van der Waals surface area contributed by atoms with Crippen LogP contribution >= 0.6 is 11.8 Å². The van der Waals surface area contributed by atoms with Crippen LogP contribution in [0.5, 0.6) is 0 Å². The van der Waals surface area contributed by atoms with Gasteiger partial charge in [-0.25, -0.2) is 0 Å². The van der Waals surface area contributed by atoms with Crippen molar-refractivity contribution >= 4 is 11.8 Å². The molecule has 0 amide bonds. The van der Waals surface area contributed by atoms with Crippen LogP contribution in [0.2, 0.25) is 0 Å². The van der Waals surface area contributed by atoms with Crippen LogP contribution in [-0.4, -0.2) is 16.7 Å². The quantitative estimate of drug-likeness (QED) is 0.600. The summed E-state index contributed by atoms with van der Waals surface area (Å²) in [5.41, 5.74) is 0. The molecule has 64 valence electrons. The molecule has 0 aromatic heterocycles. The Balaban J connectivity index is 2.00. The molecule has 11 heavy (non-hydrogen) atoms. The lowest BCUT2D eigenvalue weighted by Crippen LogP contribution is -2.45. The fourth-order valence-electron chi connectivity index (χ4n) is 2.23. The smallest absolute Gasteiger partial charge is 0.0647 e. The number of hydrogen-bond acceptors (Lipinski definition) is 2. The second-order valence-electron chi connectivity index (χ2n) is 3.85. The first-order valence-corrected chi connectivity index (χ1v) is 5.62. The minimum atomic E-state index is 0.512. The van der Waals surface area contributed by atoms with E-state index in [1.165, 1.54) is 38.6 Å². The lowest BCUT2D eigenvalue weighted by atomic mass is 10.2. The van der Waals surface area contributed by atoms with Gasteiger partial charge in [-0.1, -0.05) is 19.8 Å². The van der Waals surface area contributed by atoms with E-state index in [2.05, 4.69) is 24.0 Å². The molecule has 0 aromatic carbocycles. The van der Waals surface area contributed by atoms with Crippen molar-refractivity contribution in [3.63, 3.8) is 0 Å². The molecular formula is C9H17NS. The van der Waals surface area contributed by atoms with E-state index in [1.807, 2.05) is 0 Å². The third kappa shape index (κ3) is 1.57. The normalized spacial score (nSPS) is 36.3. The summed E-state index contributed by atoms with van der Waals surface area (Å²) in [6.07, 6.45) is 7.04. The van der Waals surface area contributed by atoms with Gasteiger partial charge in [0.25, 0.3) is 0 Å². The average Bonchev–Trinajstić information content (AvgIpc) is 2.37. The molecule has 2 aliphatic rings. The molecule has 1 aliphatic heterocycles. The Labute approximate surface area is 73.3 Å². The van der Waals surface area contributed by atoms with Gasteiger partial charge in [0.05, 0.1) is 4.87 Å². The third-order valence-electron chi connectivity index (χ3n) is 2.84. The zero-order valence-electron chi connectivity index (χ0n) is 7.23. The van der Waals surface area contributed by atoms with E-state index in [0.29, 0.717) is 4.87 Å². The molecule has 1 atom stereocenters. The molecule has 1 nitrogen and oxygen atoms in total. The van der Waals surface area contributed by atoms with Crippen molar-refractivity contribution in [3.8, 4) is 0 Å². The Morgan fingerprint density at radius 3 is 2.73 bits per heavy atom. The highest BCUT2D eigenvalue weighted by atomic mass is 32.2. The van der Waals surface area contributed by atoms with Gasteiger partial charge in [0.1, 0.15) is 0 Å². The van der Waals surface area contributed by atoms with Gasteiger partial charge in [-0.05, 0) is 25.8 Å². The van der Waals surface area contributed by atoms with Crippen LogP contribution in [0.3, 0.4) is 0 Å². The zero-order chi connectivity index (χ0) is 7.73. The van der Waals surface area contributed by atoms with E-state index in [9.17, 15) is 0 Å². The van der Waals surface area contributed by atoms with Crippen molar-refractivity contribution in [2.24, 2.45) is 0 Å². The van der Waals surface area contributed by atoms with Crippen molar-refractivity contribution in [2.45, 2.75) is 49.1 Å². The van der Waals surface area contributed by atoms with Gasteiger partial charge in [0, 0.05) is 5.25 Å². The maximum atomic E-state index is 3.69. The van der Waals surface area contributed by atoms with Crippen LogP contribution in [0.15, 0.2) is 0 Å². The minimum Gasteiger partial charge on any atom is -0.303 e. The molecule has 2 heteroatoms. The molecule has 1 unspecified atom stereocenters. The lowest BCUT2D eigenvalue weighted by Gasteiger charge is -2.37. The van der Waals surface area contributed by atoms with E-state index in [1.54, 1.807) is 0 Å². The molecule has 1 spiro atoms. The molecule has 1 heterocycles. The molecule has 0 radical (unpaired) electrons. The average molecular weight is 171 g/mol. The number of rotatable bonds is 0. The van der Waals surface area contributed by atoms with Crippen molar-refractivity contribution in [1.29, 1.82) is 0 Å². The predicted octanol–water partition coefficient (Wildman–Crippen LogP) is 2.37. The Bertz CT molecular complexity index is 140. The van der Waals surface area contributed by atoms with Crippen LogP contribution in [0.25, 0.3) is 0 Å². The van der Waals surface area contributed by atoms with E-state index >= 15 is 0 Å². The van der Waals surface area contributed by atoms with Crippen LogP contribution in [0, 0.1) is 0 Å². The third-order valence-corrected chi connectivity index (χ3v) is 4.48. The van der Waals surface area contributed by atoms with Crippen molar-refractivity contribution < 1.29 is 0 Å². The predicted molar refractivity (Wildman–Crippen MR) is 50.9 cm³/mol. The van der Waals surface area contributed by atoms with Crippen LogP contribution in [-0.2, 0) is 0 Å². The van der Waals surface area contributed by atoms with Gasteiger partial charge in [0.15, 0.2) is 0 Å². The highest BCUT2D eigenvalue weighted by molar-refractivity contribution is 8.01. The van der Waals surface area contributed by atoms with Crippen molar-refractivity contribution in [1.82, 2.24) is 5.32 Å². The zero-order valence-corrected chi connectivity index (χ0v) is 8.04. The van der Waals surface area contributed by atoms with E-state index in [0.717, 1.165) is 5.25 Å². The first-order valence-electron chi connectivity index (χ1n) is 4.74. The molecule has 1 N–H and O–H groups in total. The lowest BCUT2D eigenvalue weighted by molar-refractivity contribution is 0.448. The summed E-state index contributed by atoms with van der Waals surface area (Å²) in [5, 5.41) is 4.57. The molecule has 1 saturated carbocycles. The number of nitrogens with one attached hydrogen (secondary N) is 1. The number of hydrogen-bond donors (Lipinski definition) is 1. The van der Waals surface area contributed by atoms with E-state index in [4.69, 9.17) is 0 Å². The summed E-state index contributed by atoms with van der Waals surface area (Å²) in [6, 6.07) is 0. The molecule has 1 aliphatic carbocycles. The number of thioether (sulfide) groups is 1.